The molecule has 0 saturated heterocycles. The molecule has 0 aliphatic carbocycles. The predicted molar refractivity (Wildman–Crippen MR) is 116 cm³/mol. The lowest BCUT2D eigenvalue weighted by Gasteiger charge is -2.11. The predicted octanol–water partition coefficient (Wildman–Crippen LogP) is 5.10. The van der Waals surface area contributed by atoms with Gasteiger partial charge in [-0.2, -0.15) is 0 Å². The molecule has 6 heteroatoms. The number of carbonyl (C=O) groups excluding carboxylic acids is 2. The van der Waals surface area contributed by atoms with Gasteiger partial charge in [0, 0.05) is 35.1 Å². The van der Waals surface area contributed by atoms with E-state index in [4.69, 9.17) is 11.6 Å². The molecular formula is C23H22ClN3O2. The lowest BCUT2D eigenvalue weighted by atomic mass is 10.0. The Morgan fingerprint density at radius 2 is 1.86 bits per heavy atom. The number of hydrogen-bond acceptors (Lipinski definition) is 3. The van der Waals surface area contributed by atoms with Crippen LogP contribution >= 0.6 is 11.6 Å². The summed E-state index contributed by atoms with van der Waals surface area (Å²) < 4.78 is 0. The van der Waals surface area contributed by atoms with Crippen LogP contribution in [0.4, 0.5) is 5.69 Å². The third-order valence-corrected chi connectivity index (χ3v) is 4.76. The van der Waals surface area contributed by atoms with E-state index in [9.17, 15) is 9.59 Å². The molecule has 0 atom stereocenters. The molecule has 0 radical (unpaired) electrons. The van der Waals surface area contributed by atoms with Gasteiger partial charge in [0.2, 0.25) is 0 Å². The fourth-order valence-electron chi connectivity index (χ4n) is 2.92. The Morgan fingerprint density at radius 3 is 2.55 bits per heavy atom. The van der Waals surface area contributed by atoms with Crippen LogP contribution in [0.25, 0.3) is 11.3 Å². The number of nitrogens with one attached hydrogen (secondary N) is 2. The highest BCUT2D eigenvalue weighted by Gasteiger charge is 2.14. The van der Waals surface area contributed by atoms with Crippen LogP contribution < -0.4 is 10.6 Å². The summed E-state index contributed by atoms with van der Waals surface area (Å²) in [5.41, 5.74) is 3.86. The van der Waals surface area contributed by atoms with Crippen molar-refractivity contribution in [1.82, 2.24) is 10.3 Å². The maximum absolute atomic E-state index is 12.8. The van der Waals surface area contributed by atoms with Gasteiger partial charge >= 0.3 is 0 Å². The third-order valence-electron chi connectivity index (χ3n) is 4.43. The van der Waals surface area contributed by atoms with Crippen LogP contribution in [0.1, 0.15) is 39.6 Å². The van der Waals surface area contributed by atoms with Crippen LogP contribution in [0, 0.1) is 6.92 Å². The lowest BCUT2D eigenvalue weighted by molar-refractivity contribution is 0.0951. The van der Waals surface area contributed by atoms with Crippen molar-refractivity contribution in [2.45, 2.75) is 20.3 Å². The topological polar surface area (TPSA) is 71.1 Å². The number of carbonyl (C=O) groups is 2. The summed E-state index contributed by atoms with van der Waals surface area (Å²) in [6.07, 6.45) is 2.56. The van der Waals surface area contributed by atoms with Crippen molar-refractivity contribution in [3.05, 3.63) is 82.5 Å². The molecule has 3 aromatic rings. The first-order valence-corrected chi connectivity index (χ1v) is 9.78. The molecule has 0 spiro atoms. The monoisotopic (exact) mass is 407 g/mol. The van der Waals surface area contributed by atoms with E-state index in [1.165, 1.54) is 0 Å². The van der Waals surface area contributed by atoms with Crippen molar-refractivity contribution in [3.8, 4) is 11.3 Å². The molecule has 0 aliphatic heterocycles. The molecule has 0 fully saturated rings. The summed E-state index contributed by atoms with van der Waals surface area (Å²) in [6, 6.07) is 15.9. The Morgan fingerprint density at radius 1 is 1.03 bits per heavy atom. The molecular weight excluding hydrogens is 386 g/mol. The maximum Gasteiger partial charge on any atom is 0.255 e. The highest BCUT2D eigenvalue weighted by molar-refractivity contribution is 6.33. The average molecular weight is 408 g/mol. The maximum atomic E-state index is 12.8. The molecule has 1 heterocycles. The summed E-state index contributed by atoms with van der Waals surface area (Å²) in [5, 5.41) is 6.28. The average Bonchev–Trinajstić information content (AvgIpc) is 2.73. The van der Waals surface area contributed by atoms with Gasteiger partial charge in [0.25, 0.3) is 11.8 Å². The van der Waals surface area contributed by atoms with Crippen molar-refractivity contribution in [2.24, 2.45) is 0 Å². The van der Waals surface area contributed by atoms with E-state index in [1.807, 2.05) is 32.0 Å². The van der Waals surface area contributed by atoms with Gasteiger partial charge < -0.3 is 10.6 Å². The van der Waals surface area contributed by atoms with E-state index < -0.39 is 0 Å². The highest BCUT2D eigenvalue weighted by Crippen LogP contribution is 2.29. The molecule has 0 saturated carbocycles. The van der Waals surface area contributed by atoms with Crippen LogP contribution in [0.3, 0.4) is 0 Å². The van der Waals surface area contributed by atoms with E-state index >= 15 is 0 Å². The first kappa shape index (κ1) is 20.6. The van der Waals surface area contributed by atoms with Gasteiger partial charge in [-0.15, -0.1) is 0 Å². The standard InChI is InChI=1S/C23H22ClN3O2/c1-3-11-26-22(28)16-7-9-18(15(2)13-16)23(29)27-17-8-10-20(24)19(14-17)21-6-4-5-12-25-21/h4-10,12-14H,3,11H2,1-2H3,(H,26,28)(H,27,29). The third kappa shape index (κ3) is 5.00. The van der Waals surface area contributed by atoms with E-state index in [0.717, 1.165) is 23.2 Å². The van der Waals surface area contributed by atoms with Crippen molar-refractivity contribution >= 4 is 29.1 Å². The summed E-state index contributed by atoms with van der Waals surface area (Å²) in [7, 11) is 0. The number of benzene rings is 2. The molecule has 2 amide bonds. The van der Waals surface area contributed by atoms with Crippen molar-refractivity contribution in [3.63, 3.8) is 0 Å². The zero-order valence-electron chi connectivity index (χ0n) is 16.3. The normalized spacial score (nSPS) is 10.4. The van der Waals surface area contributed by atoms with E-state index in [0.29, 0.717) is 28.4 Å². The zero-order valence-corrected chi connectivity index (χ0v) is 17.1. The largest absolute Gasteiger partial charge is 0.352 e. The summed E-state index contributed by atoms with van der Waals surface area (Å²) >= 11 is 6.30. The van der Waals surface area contributed by atoms with Crippen LogP contribution in [0.5, 0.6) is 0 Å². The number of pyridine rings is 1. The number of rotatable bonds is 6. The number of hydrogen-bond donors (Lipinski definition) is 2. The molecule has 0 bridgehead atoms. The van der Waals surface area contributed by atoms with Crippen molar-refractivity contribution < 1.29 is 9.59 Å². The number of nitrogens with zero attached hydrogens (tertiary/aromatic N) is 1. The van der Waals surface area contributed by atoms with Crippen LogP contribution in [-0.2, 0) is 0 Å². The van der Waals surface area contributed by atoms with Crippen molar-refractivity contribution in [2.75, 3.05) is 11.9 Å². The van der Waals surface area contributed by atoms with E-state index in [-0.39, 0.29) is 11.8 Å². The second kappa shape index (κ2) is 9.34. The Kier molecular flexibility index (Phi) is 6.62. The number of amides is 2. The number of aromatic nitrogens is 1. The molecule has 2 aromatic carbocycles. The van der Waals surface area contributed by atoms with Crippen LogP contribution in [0.15, 0.2) is 60.8 Å². The van der Waals surface area contributed by atoms with Crippen molar-refractivity contribution in [1.29, 1.82) is 0 Å². The lowest BCUT2D eigenvalue weighted by Crippen LogP contribution is -2.24. The summed E-state index contributed by atoms with van der Waals surface area (Å²) in [6.45, 7) is 4.43. The Bertz CT molecular complexity index is 1040. The van der Waals surface area contributed by atoms with E-state index in [2.05, 4.69) is 15.6 Å². The van der Waals surface area contributed by atoms with Gasteiger partial charge in [-0.25, -0.2) is 0 Å². The minimum atomic E-state index is -0.252. The van der Waals surface area contributed by atoms with Gasteiger partial charge in [-0.3, -0.25) is 14.6 Å². The number of aryl methyl sites for hydroxylation is 1. The molecule has 5 nitrogen and oxygen atoms in total. The number of anilines is 1. The second-order valence-corrected chi connectivity index (χ2v) is 7.06. The van der Waals surface area contributed by atoms with E-state index in [1.54, 1.807) is 42.6 Å². The minimum Gasteiger partial charge on any atom is -0.352 e. The molecule has 2 N–H and O–H groups in total. The molecule has 148 valence electrons. The molecule has 1 aromatic heterocycles. The van der Waals surface area contributed by atoms with Gasteiger partial charge in [-0.05, 0) is 67.4 Å². The molecule has 0 unspecified atom stereocenters. The first-order valence-electron chi connectivity index (χ1n) is 9.40. The fraction of sp³-hybridized carbons (Fsp3) is 0.174. The van der Waals surface area contributed by atoms with Crippen LogP contribution in [0.2, 0.25) is 5.02 Å². The van der Waals surface area contributed by atoms with Gasteiger partial charge in [-0.1, -0.05) is 24.6 Å². The molecule has 0 aliphatic rings. The van der Waals surface area contributed by atoms with Crippen LogP contribution in [-0.4, -0.2) is 23.3 Å². The molecule has 3 rings (SSSR count). The highest BCUT2D eigenvalue weighted by atomic mass is 35.5. The Hall–Kier alpha value is -3.18. The number of halogens is 1. The first-order chi connectivity index (χ1) is 14.0. The smallest absolute Gasteiger partial charge is 0.255 e. The van der Waals surface area contributed by atoms with Gasteiger partial charge in [0.05, 0.1) is 10.7 Å². The zero-order chi connectivity index (χ0) is 20.8. The summed E-state index contributed by atoms with van der Waals surface area (Å²) in [4.78, 5) is 29.2. The van der Waals surface area contributed by atoms with Gasteiger partial charge in [0.1, 0.15) is 0 Å². The Labute approximate surface area is 175 Å². The molecule has 29 heavy (non-hydrogen) atoms. The quantitative estimate of drug-likeness (QED) is 0.597. The fourth-order valence-corrected chi connectivity index (χ4v) is 3.13. The summed E-state index contributed by atoms with van der Waals surface area (Å²) in [5.74, 6) is -0.392. The minimum absolute atomic E-state index is 0.139. The SMILES string of the molecule is CCCNC(=O)c1ccc(C(=O)Nc2ccc(Cl)c(-c3ccccn3)c2)c(C)c1. The Balaban J connectivity index is 1.79. The van der Waals surface area contributed by atoms with Gasteiger partial charge in [0.15, 0.2) is 0 Å². The second-order valence-electron chi connectivity index (χ2n) is 6.65.